The van der Waals surface area contributed by atoms with Gasteiger partial charge in [-0.05, 0) is 62.1 Å². The second-order valence-corrected chi connectivity index (χ2v) is 22.0. The molecule has 0 atom stereocenters. The lowest BCUT2D eigenvalue weighted by Crippen LogP contribution is -3.59. The normalized spacial score (nSPS) is 15.2. The van der Waals surface area contributed by atoms with E-state index in [2.05, 4.69) is 94.8 Å². The Hall–Kier alpha value is -1.46. The molecule has 0 aliphatic carbocycles. The largest absolute Gasteiger partial charge is 0.741 e. The molecule has 0 N–H and O–H groups in total. The Morgan fingerprint density at radius 2 is 0.662 bits per heavy atom. The minimum absolute atomic E-state index is 0.114. The van der Waals surface area contributed by atoms with Crippen molar-refractivity contribution in [3.63, 3.8) is 0 Å². The molecule has 1 aliphatic heterocycles. The Labute approximate surface area is 422 Å². The van der Waals surface area contributed by atoms with Gasteiger partial charge < -0.3 is 37.5 Å². The average Bonchev–Trinajstić information content (AvgIpc) is 3.28. The number of halogens is 8. The van der Waals surface area contributed by atoms with E-state index in [1.165, 1.54) is 97.0 Å². The Balaban J connectivity index is 0. The molecule has 2 aromatic carbocycles. The molecule has 3 rings (SSSR count). The summed E-state index contributed by atoms with van der Waals surface area (Å²) in [5.41, 5.74) is -11.3. The topological polar surface area (TPSA) is 170 Å². The molecule has 2 aromatic rings. The number of allylic oxidation sites excluding steroid dienone is 2. The predicted molar refractivity (Wildman–Crippen MR) is 241 cm³/mol. The highest BCUT2D eigenvalue weighted by atomic mass is 127. The van der Waals surface area contributed by atoms with E-state index in [9.17, 15) is 26.3 Å². The van der Waals surface area contributed by atoms with E-state index in [4.69, 9.17) is 54.4 Å². The van der Waals surface area contributed by atoms with Crippen molar-refractivity contribution < 1.29 is 123 Å². The highest BCUT2D eigenvalue weighted by Crippen LogP contribution is 2.21. The second-order valence-electron chi connectivity index (χ2n) is 14.1. The molecule has 0 unspecified atom stereocenters. The number of benzene rings is 2. The minimum atomic E-state index is -6.09. The first-order valence-corrected chi connectivity index (χ1v) is 30.0. The van der Waals surface area contributed by atoms with Crippen LogP contribution >= 0.6 is 0 Å². The van der Waals surface area contributed by atoms with Gasteiger partial charge in [-0.25, -0.2) is 16.8 Å². The Morgan fingerprint density at radius 3 is 0.882 bits per heavy atom. The number of hydrogen-bond acceptors (Lipinski definition) is 12. The van der Waals surface area contributed by atoms with Gasteiger partial charge in [0, 0.05) is 0 Å². The third-order valence-corrected chi connectivity index (χ3v) is 14.0. The zero-order chi connectivity index (χ0) is 51.1. The van der Waals surface area contributed by atoms with Crippen LogP contribution in [-0.2, 0) is 48.7 Å². The van der Waals surface area contributed by atoms with Gasteiger partial charge in [-0.2, -0.15) is 26.3 Å². The first-order valence-electron chi connectivity index (χ1n) is 22.5. The first kappa shape index (κ1) is 68.6. The van der Waals surface area contributed by atoms with Crippen LogP contribution in [0, 0.1) is 7.14 Å². The zero-order valence-electron chi connectivity index (χ0n) is 39.2. The highest BCUT2D eigenvalue weighted by molar-refractivity contribution is 7.86. The Morgan fingerprint density at radius 1 is 0.441 bits per heavy atom. The summed E-state index contributed by atoms with van der Waals surface area (Å²) >= 11 is 0.228. The summed E-state index contributed by atoms with van der Waals surface area (Å²) in [6, 6.07) is 21.7. The van der Waals surface area contributed by atoms with Crippen LogP contribution in [0.1, 0.15) is 104 Å². The summed E-state index contributed by atoms with van der Waals surface area (Å²) in [5.74, 6) is 0. The second kappa shape index (κ2) is 46.6. The molecule has 1 heterocycles. The maximum absolute atomic E-state index is 10.7. The number of unbranched alkanes of at least 4 members (excludes halogenated alkanes) is 12. The molecule has 12 nitrogen and oxygen atoms in total. The van der Waals surface area contributed by atoms with Crippen molar-refractivity contribution in [1.82, 2.24) is 0 Å². The fourth-order valence-corrected chi connectivity index (χ4v) is 8.46. The van der Waals surface area contributed by atoms with Gasteiger partial charge in [-0.1, -0.05) is 114 Å². The van der Waals surface area contributed by atoms with Gasteiger partial charge in [-0.15, -0.1) is 0 Å². The maximum atomic E-state index is 10.7. The van der Waals surface area contributed by atoms with E-state index in [0.29, 0.717) is 79.3 Å². The number of hydrogen-bond donors (Lipinski definition) is 0. The average molecular weight is 1250 g/mol. The number of rotatable bonds is 18. The molecule has 22 heteroatoms. The third-order valence-electron chi connectivity index (χ3n) is 8.27. The highest BCUT2D eigenvalue weighted by Gasteiger charge is 2.37. The van der Waals surface area contributed by atoms with Crippen molar-refractivity contribution in [1.29, 1.82) is 0 Å². The summed E-state index contributed by atoms with van der Waals surface area (Å²) in [4.78, 5) is 0. The van der Waals surface area contributed by atoms with Crippen LogP contribution in [0.4, 0.5) is 26.3 Å². The van der Waals surface area contributed by atoms with Crippen molar-refractivity contribution in [2.24, 2.45) is 0 Å². The van der Waals surface area contributed by atoms with Crippen LogP contribution in [0.5, 0.6) is 0 Å². The summed E-state index contributed by atoms with van der Waals surface area (Å²) in [6.45, 7) is 11.6. The van der Waals surface area contributed by atoms with Crippen molar-refractivity contribution in [2.45, 2.75) is 115 Å². The third kappa shape index (κ3) is 49.5. The molecule has 396 valence electrons. The van der Waals surface area contributed by atoms with Crippen LogP contribution in [0.25, 0.3) is 0 Å². The molecule has 0 radical (unpaired) electrons. The summed E-state index contributed by atoms with van der Waals surface area (Å²) in [6.07, 6.45) is 24.1. The SMILES string of the molecule is C1COCCOCCOCCOCCOCCO1.CCCCCCCC/C=C/[I+]c1ccccc1.CCCCCCCC/C=C/[I+]c1ccccc1.O=S(=O)([O-])C(F)(F)F.O=S(=O)([O-])C(F)(F)F. The fourth-order valence-electron chi connectivity index (χ4n) is 4.74. The van der Waals surface area contributed by atoms with Gasteiger partial charge in [0.2, 0.25) is 0 Å². The number of ether oxygens (including phenoxy) is 6. The van der Waals surface area contributed by atoms with Crippen molar-refractivity contribution >= 4 is 20.2 Å². The summed E-state index contributed by atoms with van der Waals surface area (Å²) < 4.78 is 158. The zero-order valence-corrected chi connectivity index (χ0v) is 45.2. The first-order chi connectivity index (χ1) is 32.4. The van der Waals surface area contributed by atoms with Crippen LogP contribution in [0.15, 0.2) is 81.0 Å². The monoisotopic (exact) mass is 1250 g/mol. The van der Waals surface area contributed by atoms with Crippen molar-refractivity contribution in [3.8, 4) is 0 Å². The fraction of sp³-hybridized carbons (Fsp3) is 0.652. The molecule has 0 saturated carbocycles. The lowest BCUT2D eigenvalue weighted by molar-refractivity contribution is -0.557. The van der Waals surface area contributed by atoms with E-state index in [1.807, 2.05) is 0 Å². The van der Waals surface area contributed by atoms with Gasteiger partial charge in [0.05, 0.1) is 79.3 Å². The predicted octanol–water partition coefficient (Wildman–Crippen LogP) is 4.62. The summed E-state index contributed by atoms with van der Waals surface area (Å²) in [5, 5.41) is 0. The van der Waals surface area contributed by atoms with Crippen LogP contribution in [-0.4, -0.2) is 116 Å². The molecule has 0 amide bonds. The quantitative estimate of drug-likeness (QED) is 0.0669. The molecule has 1 fully saturated rings. The summed E-state index contributed by atoms with van der Waals surface area (Å²) in [7, 11) is -12.2. The molecule has 1 aliphatic rings. The van der Waals surface area contributed by atoms with Gasteiger partial charge in [0.1, 0.15) is 0 Å². The molecule has 1 saturated heterocycles. The van der Waals surface area contributed by atoms with Crippen molar-refractivity contribution in [2.75, 3.05) is 79.3 Å². The molecular formula is C46H72F6I2O12S2. The lowest BCUT2D eigenvalue weighted by atomic mass is 10.1. The standard InChI is InChI=1S/2C16H24I.C12H24O6.2CHF3O3S/c2*1-2-3-4-5-6-7-8-12-15-17-16-13-10-9-11-14-16;1-2-14-5-6-16-9-10-18-12-11-17-8-7-15-4-3-13-1;2*2-1(3,4)8(5,6)7/h2*9-15H,2-8H2,1H3;1-12H2;2*(H,5,6,7)/q2*+1;;;/p-2/b2*15-12+;;;. The van der Waals surface area contributed by atoms with Gasteiger partial charge >= 0.3 is 53.4 Å². The van der Waals surface area contributed by atoms with Crippen molar-refractivity contribution in [3.05, 3.63) is 88.1 Å². The lowest BCUT2D eigenvalue weighted by Gasteiger charge is -2.09. The molecular weight excluding hydrogens is 1180 g/mol. The van der Waals surface area contributed by atoms with E-state index in [-0.39, 0.29) is 42.4 Å². The maximum Gasteiger partial charge on any atom is 0.485 e. The minimum Gasteiger partial charge on any atom is -0.741 e. The van der Waals surface area contributed by atoms with E-state index >= 15 is 0 Å². The van der Waals surface area contributed by atoms with Gasteiger partial charge in [-0.3, -0.25) is 0 Å². The van der Waals surface area contributed by atoms with Crippen LogP contribution in [0.2, 0.25) is 0 Å². The van der Waals surface area contributed by atoms with E-state index < -0.39 is 31.3 Å². The van der Waals surface area contributed by atoms with E-state index in [0.717, 1.165) is 0 Å². The molecule has 0 bridgehead atoms. The van der Waals surface area contributed by atoms with Gasteiger partial charge in [0.25, 0.3) is 0 Å². The molecule has 0 aromatic heterocycles. The Bertz CT molecular complexity index is 1500. The number of alkyl halides is 6. The Kier molecular flexibility index (Phi) is 47.0. The van der Waals surface area contributed by atoms with Crippen LogP contribution in [0.3, 0.4) is 0 Å². The van der Waals surface area contributed by atoms with Crippen LogP contribution < -0.4 is 42.4 Å². The molecule has 0 spiro atoms. The smallest absolute Gasteiger partial charge is 0.485 e. The van der Waals surface area contributed by atoms with E-state index in [1.54, 1.807) is 0 Å². The molecule has 68 heavy (non-hydrogen) atoms. The van der Waals surface area contributed by atoms with Gasteiger partial charge in [0.15, 0.2) is 35.5 Å².